The van der Waals surface area contributed by atoms with E-state index < -0.39 is 5.41 Å². The first kappa shape index (κ1) is 30.1. The maximum absolute atomic E-state index is 9.76. The van der Waals surface area contributed by atoms with Crippen LogP contribution in [0.25, 0.3) is 11.3 Å². The lowest BCUT2D eigenvalue weighted by atomic mass is 9.82. The molecule has 3 aromatic heterocycles. The molecule has 12 nitrogen and oxygen atoms in total. The van der Waals surface area contributed by atoms with E-state index in [0.717, 1.165) is 42.8 Å². The van der Waals surface area contributed by atoms with E-state index in [1.54, 1.807) is 6.20 Å². The number of aromatic nitrogens is 6. The van der Waals surface area contributed by atoms with Crippen LogP contribution in [0, 0.1) is 16.7 Å². The van der Waals surface area contributed by atoms with E-state index in [2.05, 4.69) is 54.6 Å². The molecule has 0 radical (unpaired) electrons. The van der Waals surface area contributed by atoms with Crippen molar-refractivity contribution in [3.8, 4) is 17.3 Å². The highest BCUT2D eigenvalue weighted by Gasteiger charge is 2.32. The van der Waals surface area contributed by atoms with Gasteiger partial charge in [0.25, 0.3) is 0 Å². The zero-order valence-corrected chi connectivity index (χ0v) is 24.9. The van der Waals surface area contributed by atoms with Crippen LogP contribution in [0.1, 0.15) is 64.3 Å². The largest absolute Gasteiger partial charge is 0.381 e. The van der Waals surface area contributed by atoms with Crippen molar-refractivity contribution < 1.29 is 9.47 Å². The van der Waals surface area contributed by atoms with Gasteiger partial charge in [-0.1, -0.05) is 22.9 Å². The van der Waals surface area contributed by atoms with Gasteiger partial charge in [0.15, 0.2) is 0 Å². The summed E-state index contributed by atoms with van der Waals surface area (Å²) in [5.41, 5.74) is 1.14. The molecule has 2 aliphatic rings. The predicted octanol–water partition coefficient (Wildman–Crippen LogP) is 4.52. The van der Waals surface area contributed by atoms with Gasteiger partial charge in [-0.3, -0.25) is 0 Å². The maximum Gasteiger partial charge on any atom is 0.202 e. The molecule has 1 saturated carbocycles. The molecular weight excluding hydrogens is 556 g/mol. The van der Waals surface area contributed by atoms with Gasteiger partial charge in [-0.15, -0.1) is 10.2 Å². The van der Waals surface area contributed by atoms with E-state index in [0.29, 0.717) is 68.0 Å². The molecular formula is C29H39ClN10O2. The summed E-state index contributed by atoms with van der Waals surface area (Å²) >= 11 is 6.57. The molecule has 4 N–H and O–H groups in total. The Morgan fingerprint density at radius 2 is 1.95 bits per heavy atom. The molecule has 1 saturated heterocycles. The number of ether oxygens (including phenoxy) is 2. The maximum atomic E-state index is 9.76. The molecule has 0 spiro atoms. The second-order valence-corrected chi connectivity index (χ2v) is 11.7. The Kier molecular flexibility index (Phi) is 10.2. The van der Waals surface area contributed by atoms with Gasteiger partial charge in [-0.25, -0.2) is 9.97 Å². The quantitative estimate of drug-likeness (QED) is 0.233. The van der Waals surface area contributed by atoms with Crippen LogP contribution in [0.2, 0.25) is 5.02 Å². The molecule has 1 aliphatic carbocycles. The summed E-state index contributed by atoms with van der Waals surface area (Å²) in [6.45, 7) is 6.39. The number of tetrazole rings is 1. The molecule has 2 fully saturated rings. The number of rotatable bonds is 12. The Labute approximate surface area is 251 Å². The molecule has 1 aliphatic heterocycles. The first-order valence-electron chi connectivity index (χ1n) is 14.7. The van der Waals surface area contributed by atoms with Crippen LogP contribution in [0.5, 0.6) is 0 Å². The van der Waals surface area contributed by atoms with Crippen molar-refractivity contribution in [3.05, 3.63) is 41.3 Å². The highest BCUT2D eigenvalue weighted by molar-refractivity contribution is 6.33. The number of hydrogen-bond donors (Lipinski definition) is 4. The lowest BCUT2D eigenvalue weighted by Gasteiger charge is -2.32. The second-order valence-electron chi connectivity index (χ2n) is 11.3. The first-order valence-corrected chi connectivity index (χ1v) is 15.0. The Bertz CT molecular complexity index is 1320. The highest BCUT2D eigenvalue weighted by Crippen LogP contribution is 2.32. The van der Waals surface area contributed by atoms with Crippen molar-refractivity contribution in [2.24, 2.45) is 5.41 Å². The number of nitrogens with one attached hydrogen (secondary N) is 4. The Morgan fingerprint density at radius 3 is 2.69 bits per heavy atom. The number of H-pyrrole nitrogens is 1. The number of aromatic amines is 1. The second kappa shape index (κ2) is 14.2. The number of pyridine rings is 2. The zero-order chi connectivity index (χ0) is 29.4. The average Bonchev–Trinajstić information content (AvgIpc) is 3.57. The summed E-state index contributed by atoms with van der Waals surface area (Å²) < 4.78 is 11.3. The number of nitriles is 1. The molecule has 0 bridgehead atoms. The minimum Gasteiger partial charge on any atom is -0.381 e. The van der Waals surface area contributed by atoms with E-state index in [1.807, 2.05) is 31.2 Å². The van der Waals surface area contributed by atoms with Gasteiger partial charge < -0.3 is 25.4 Å². The Balaban J connectivity index is 1.11. The van der Waals surface area contributed by atoms with Gasteiger partial charge in [0.05, 0.1) is 28.8 Å². The van der Waals surface area contributed by atoms with Crippen molar-refractivity contribution in [1.82, 2.24) is 35.9 Å². The fourth-order valence-corrected chi connectivity index (χ4v) is 5.72. The number of hydrogen-bond acceptors (Lipinski definition) is 11. The van der Waals surface area contributed by atoms with Gasteiger partial charge in [-0.05, 0) is 70.6 Å². The van der Waals surface area contributed by atoms with Crippen LogP contribution in [0.15, 0.2) is 30.5 Å². The summed E-state index contributed by atoms with van der Waals surface area (Å²) in [4.78, 5) is 9.34. The van der Waals surface area contributed by atoms with E-state index in [1.165, 1.54) is 0 Å². The van der Waals surface area contributed by atoms with Crippen LogP contribution < -0.4 is 16.0 Å². The van der Waals surface area contributed by atoms with Crippen molar-refractivity contribution in [3.63, 3.8) is 0 Å². The van der Waals surface area contributed by atoms with Crippen LogP contribution in [-0.4, -0.2) is 75.1 Å². The van der Waals surface area contributed by atoms with E-state index in [4.69, 9.17) is 26.1 Å². The summed E-state index contributed by atoms with van der Waals surface area (Å²) in [6, 6.07) is 11.3. The average molecular weight is 595 g/mol. The molecule has 13 heteroatoms. The molecule has 0 aromatic carbocycles. The lowest BCUT2D eigenvalue weighted by Crippen LogP contribution is -2.43. The summed E-state index contributed by atoms with van der Waals surface area (Å²) in [5, 5.41) is 35.0. The number of anilines is 2. The topological polar surface area (TPSA) is 159 Å². The first-order chi connectivity index (χ1) is 20.4. The predicted molar refractivity (Wildman–Crippen MR) is 160 cm³/mol. The minimum absolute atomic E-state index is 0.202. The Hall–Kier alpha value is -3.37. The number of nitrogens with zero attached hydrogens (tertiary/aromatic N) is 6. The summed E-state index contributed by atoms with van der Waals surface area (Å²) in [6.07, 6.45) is 7.11. The third-order valence-corrected chi connectivity index (χ3v) is 8.40. The smallest absolute Gasteiger partial charge is 0.202 e. The van der Waals surface area contributed by atoms with Gasteiger partial charge in [-0.2, -0.15) is 10.5 Å². The SMILES string of the molecule is C[C@H](OC[C@H](C)NC1CCC(Nc2cc(-c3cccc(NCC4(C#N)CCOCC4)n3)c(Cl)cn2)CC1)c1nn[nH]n1. The molecule has 4 heterocycles. The highest BCUT2D eigenvalue weighted by atomic mass is 35.5. The molecule has 42 heavy (non-hydrogen) atoms. The molecule has 3 aromatic rings. The summed E-state index contributed by atoms with van der Waals surface area (Å²) in [5.74, 6) is 2.06. The van der Waals surface area contributed by atoms with Crippen LogP contribution in [0.3, 0.4) is 0 Å². The Morgan fingerprint density at radius 1 is 1.17 bits per heavy atom. The number of halogens is 1. The van der Waals surface area contributed by atoms with Gasteiger partial charge in [0.2, 0.25) is 5.82 Å². The van der Waals surface area contributed by atoms with Gasteiger partial charge in [0, 0.05) is 49.6 Å². The lowest BCUT2D eigenvalue weighted by molar-refractivity contribution is 0.0436. The van der Waals surface area contributed by atoms with Gasteiger partial charge in [0.1, 0.15) is 17.7 Å². The van der Waals surface area contributed by atoms with Crippen molar-refractivity contribution >= 4 is 23.2 Å². The third-order valence-electron chi connectivity index (χ3n) is 8.10. The fourth-order valence-electron chi connectivity index (χ4n) is 5.52. The normalized spacial score (nSPS) is 21.7. The minimum atomic E-state index is -0.434. The molecule has 224 valence electrons. The van der Waals surface area contributed by atoms with E-state index in [-0.39, 0.29) is 12.1 Å². The van der Waals surface area contributed by atoms with Crippen LogP contribution in [0.4, 0.5) is 11.6 Å². The fraction of sp³-hybridized carbons (Fsp3) is 0.586. The van der Waals surface area contributed by atoms with Crippen molar-refractivity contribution in [2.75, 3.05) is 37.0 Å². The third kappa shape index (κ3) is 7.92. The van der Waals surface area contributed by atoms with Crippen LogP contribution in [-0.2, 0) is 9.47 Å². The van der Waals surface area contributed by atoms with E-state index >= 15 is 0 Å². The standard InChI is InChI=1S/C29H39ClN10O2/c1-19(16-42-20(2)28-37-39-40-38-28)34-21-6-8-22(9-7-21)35-27-14-23(24(30)15-32-27)25-4-3-5-26(36-25)33-18-29(17-31)10-12-41-13-11-29/h3-5,14-15,19-22,34H,6-13,16,18H2,1-2H3,(H,32,35)(H,33,36)(H,37,38,39,40)/t19-,20-,21?,22?/m0/s1. The van der Waals surface area contributed by atoms with Crippen molar-refractivity contribution in [1.29, 1.82) is 5.26 Å². The zero-order valence-electron chi connectivity index (χ0n) is 24.1. The molecule has 2 atom stereocenters. The monoisotopic (exact) mass is 594 g/mol. The van der Waals surface area contributed by atoms with Gasteiger partial charge >= 0.3 is 0 Å². The molecule has 0 amide bonds. The van der Waals surface area contributed by atoms with E-state index in [9.17, 15) is 5.26 Å². The summed E-state index contributed by atoms with van der Waals surface area (Å²) in [7, 11) is 0. The molecule has 0 unspecified atom stereocenters. The molecule has 5 rings (SSSR count). The van der Waals surface area contributed by atoms with Crippen LogP contribution >= 0.6 is 11.6 Å². The van der Waals surface area contributed by atoms with Crippen molar-refractivity contribution in [2.45, 2.75) is 76.6 Å².